The Kier molecular flexibility index (Phi) is 6.26. The molecule has 0 fully saturated rings. The molecule has 140 valence electrons. The molecule has 2 N–H and O–H groups in total. The van der Waals surface area contributed by atoms with Gasteiger partial charge in [-0.05, 0) is 24.3 Å². The van der Waals surface area contributed by atoms with Crippen molar-refractivity contribution in [2.75, 3.05) is 11.9 Å². The molecule has 2 aromatic rings. The second-order valence-electron chi connectivity index (χ2n) is 5.14. The highest BCUT2D eigenvalue weighted by atomic mass is 19.2. The number of rotatable bonds is 6. The summed E-state index contributed by atoms with van der Waals surface area (Å²) in [7, 11) is 0. The fourth-order valence-electron chi connectivity index (χ4n) is 2.00. The highest BCUT2D eigenvalue weighted by Crippen LogP contribution is 2.20. The average molecular weight is 379 g/mol. The second-order valence-corrected chi connectivity index (χ2v) is 5.14. The Morgan fingerprint density at radius 2 is 1.78 bits per heavy atom. The molecule has 10 heteroatoms. The van der Waals surface area contributed by atoms with Gasteiger partial charge in [0.1, 0.15) is 0 Å². The molecule has 27 heavy (non-hydrogen) atoms. The van der Waals surface area contributed by atoms with E-state index >= 15 is 0 Å². The fraction of sp³-hybridized carbons (Fsp3) is 0.0588. The maximum atomic E-state index is 13.4. The van der Waals surface area contributed by atoms with E-state index in [9.17, 15) is 32.9 Å². The van der Waals surface area contributed by atoms with Crippen LogP contribution in [0.25, 0.3) is 6.08 Å². The number of carbonyl (C=O) groups is 2. The summed E-state index contributed by atoms with van der Waals surface area (Å²) < 4.78 is 39.3. The van der Waals surface area contributed by atoms with Crippen molar-refractivity contribution in [3.8, 4) is 0 Å². The summed E-state index contributed by atoms with van der Waals surface area (Å²) in [6.45, 7) is -0.585. The molecule has 7 nitrogen and oxygen atoms in total. The maximum Gasteiger partial charge on any atom is 0.276 e. The van der Waals surface area contributed by atoms with Crippen LogP contribution >= 0.6 is 0 Å². The quantitative estimate of drug-likeness (QED) is 0.349. The van der Waals surface area contributed by atoms with Crippen LogP contribution < -0.4 is 10.6 Å². The van der Waals surface area contributed by atoms with Crippen molar-refractivity contribution in [2.24, 2.45) is 0 Å². The lowest BCUT2D eigenvalue weighted by Crippen LogP contribution is -2.32. The predicted octanol–water partition coefficient (Wildman–Crippen LogP) is 2.78. The van der Waals surface area contributed by atoms with Gasteiger partial charge in [0.25, 0.3) is 5.69 Å². The third-order valence-electron chi connectivity index (χ3n) is 3.28. The van der Waals surface area contributed by atoms with Crippen molar-refractivity contribution in [2.45, 2.75) is 0 Å². The van der Waals surface area contributed by atoms with Gasteiger partial charge in [0.2, 0.25) is 11.8 Å². The molecule has 0 spiro atoms. The Morgan fingerprint density at radius 1 is 1.07 bits per heavy atom. The van der Waals surface area contributed by atoms with Crippen LogP contribution in [-0.4, -0.2) is 23.3 Å². The molecule has 2 aromatic carbocycles. The van der Waals surface area contributed by atoms with E-state index in [2.05, 4.69) is 5.32 Å². The summed E-state index contributed by atoms with van der Waals surface area (Å²) in [6, 6.07) is 7.19. The molecule has 0 radical (unpaired) electrons. The minimum Gasteiger partial charge on any atom is -0.343 e. The Morgan fingerprint density at radius 3 is 2.48 bits per heavy atom. The number of hydrogen-bond acceptors (Lipinski definition) is 4. The lowest BCUT2D eigenvalue weighted by atomic mass is 10.1. The van der Waals surface area contributed by atoms with Crippen molar-refractivity contribution < 1.29 is 27.7 Å². The first-order chi connectivity index (χ1) is 12.8. The summed E-state index contributed by atoms with van der Waals surface area (Å²) >= 11 is 0. The SMILES string of the molecule is O=C(/C=C/c1ccccc1[N+](=O)[O-])NCC(=O)Nc1ccc(F)c(F)c1F. The monoisotopic (exact) mass is 379 g/mol. The topological polar surface area (TPSA) is 101 Å². The van der Waals surface area contributed by atoms with Crippen molar-refractivity contribution >= 4 is 29.3 Å². The van der Waals surface area contributed by atoms with Crippen LogP contribution in [0.1, 0.15) is 5.56 Å². The molecule has 0 aliphatic rings. The predicted molar refractivity (Wildman–Crippen MR) is 90.1 cm³/mol. The van der Waals surface area contributed by atoms with Crippen LogP contribution in [0.15, 0.2) is 42.5 Å². The molecule has 2 rings (SSSR count). The van der Waals surface area contributed by atoms with E-state index in [1.807, 2.05) is 5.32 Å². The van der Waals surface area contributed by atoms with E-state index in [-0.39, 0.29) is 11.3 Å². The molecular formula is C17H12F3N3O4. The number of carbonyl (C=O) groups excluding carboxylic acids is 2. The van der Waals surface area contributed by atoms with Crippen LogP contribution in [0.3, 0.4) is 0 Å². The molecule has 0 saturated heterocycles. The molecule has 0 unspecified atom stereocenters. The first-order valence-corrected chi connectivity index (χ1v) is 7.42. The molecule has 0 bridgehead atoms. The van der Waals surface area contributed by atoms with Gasteiger partial charge in [-0.25, -0.2) is 13.2 Å². The van der Waals surface area contributed by atoms with Gasteiger partial charge in [-0.2, -0.15) is 0 Å². The van der Waals surface area contributed by atoms with Crippen LogP contribution in [0, 0.1) is 27.6 Å². The lowest BCUT2D eigenvalue weighted by molar-refractivity contribution is -0.385. The molecule has 0 saturated carbocycles. The zero-order valence-corrected chi connectivity index (χ0v) is 13.5. The minimum absolute atomic E-state index is 0.186. The first kappa shape index (κ1) is 19.6. The van der Waals surface area contributed by atoms with E-state index in [4.69, 9.17) is 0 Å². The van der Waals surface area contributed by atoms with Gasteiger partial charge >= 0.3 is 0 Å². The van der Waals surface area contributed by atoms with Gasteiger partial charge in [-0.3, -0.25) is 19.7 Å². The second kappa shape index (κ2) is 8.61. The van der Waals surface area contributed by atoms with E-state index in [0.717, 1.165) is 12.1 Å². The summed E-state index contributed by atoms with van der Waals surface area (Å²) in [4.78, 5) is 33.6. The van der Waals surface area contributed by atoms with Gasteiger partial charge in [0.15, 0.2) is 17.5 Å². The van der Waals surface area contributed by atoms with Crippen LogP contribution in [-0.2, 0) is 9.59 Å². The smallest absolute Gasteiger partial charge is 0.276 e. The molecule has 2 amide bonds. The van der Waals surface area contributed by atoms with Gasteiger partial charge in [0.05, 0.1) is 22.7 Å². The number of hydrogen-bond donors (Lipinski definition) is 2. The first-order valence-electron chi connectivity index (χ1n) is 7.42. The molecule has 0 aliphatic heterocycles. The van der Waals surface area contributed by atoms with Crippen molar-refractivity contribution in [3.05, 3.63) is 75.6 Å². The lowest BCUT2D eigenvalue weighted by Gasteiger charge is -2.07. The largest absolute Gasteiger partial charge is 0.343 e. The van der Waals surface area contributed by atoms with Gasteiger partial charge < -0.3 is 10.6 Å². The highest BCUT2D eigenvalue weighted by molar-refractivity contribution is 5.98. The molecule has 0 heterocycles. The number of benzene rings is 2. The number of nitro groups is 1. The molecule has 0 atom stereocenters. The normalized spacial score (nSPS) is 10.6. The van der Waals surface area contributed by atoms with Crippen molar-refractivity contribution in [1.82, 2.24) is 5.32 Å². The molecular weight excluding hydrogens is 367 g/mol. The van der Waals surface area contributed by atoms with E-state index in [1.165, 1.54) is 24.3 Å². The summed E-state index contributed by atoms with van der Waals surface area (Å²) in [5.41, 5.74) is -0.595. The summed E-state index contributed by atoms with van der Waals surface area (Å²) in [5.74, 6) is -6.32. The number of amides is 2. The number of anilines is 1. The van der Waals surface area contributed by atoms with Gasteiger partial charge in [-0.1, -0.05) is 12.1 Å². The standard InChI is InChI=1S/C17H12F3N3O4/c18-11-6-7-12(17(20)16(11)19)22-15(25)9-21-14(24)8-5-10-3-1-2-4-13(10)23(26)27/h1-8H,9H2,(H,21,24)(H,22,25)/b8-5+. The number of nitrogens with one attached hydrogen (secondary N) is 2. The third-order valence-corrected chi connectivity index (χ3v) is 3.28. The zero-order chi connectivity index (χ0) is 20.0. The maximum absolute atomic E-state index is 13.4. The number of para-hydroxylation sites is 1. The zero-order valence-electron chi connectivity index (χ0n) is 13.5. The van der Waals surface area contributed by atoms with Crippen LogP contribution in [0.5, 0.6) is 0 Å². The van der Waals surface area contributed by atoms with Crippen molar-refractivity contribution in [1.29, 1.82) is 0 Å². The average Bonchev–Trinajstić information content (AvgIpc) is 2.65. The number of halogens is 3. The van der Waals surface area contributed by atoms with E-state index < -0.39 is 46.4 Å². The molecule has 0 aliphatic carbocycles. The van der Waals surface area contributed by atoms with Gasteiger partial charge in [0, 0.05) is 12.1 Å². The van der Waals surface area contributed by atoms with Gasteiger partial charge in [-0.15, -0.1) is 0 Å². The van der Waals surface area contributed by atoms with E-state index in [0.29, 0.717) is 6.07 Å². The number of nitrogens with zero attached hydrogens (tertiary/aromatic N) is 1. The van der Waals surface area contributed by atoms with Crippen molar-refractivity contribution in [3.63, 3.8) is 0 Å². The fourth-order valence-corrected chi connectivity index (χ4v) is 2.00. The summed E-state index contributed by atoms with van der Waals surface area (Å²) in [5, 5.41) is 15.0. The summed E-state index contributed by atoms with van der Waals surface area (Å²) in [6.07, 6.45) is 2.17. The van der Waals surface area contributed by atoms with Crippen LogP contribution in [0.2, 0.25) is 0 Å². The van der Waals surface area contributed by atoms with E-state index in [1.54, 1.807) is 6.07 Å². The number of nitro benzene ring substituents is 1. The Balaban J connectivity index is 1.93. The minimum atomic E-state index is -1.73. The van der Waals surface area contributed by atoms with Crippen LogP contribution in [0.4, 0.5) is 24.5 Å². The molecule has 0 aromatic heterocycles. The Hall–Kier alpha value is -3.69. The third kappa shape index (κ3) is 5.14. The highest BCUT2D eigenvalue weighted by Gasteiger charge is 2.15. The Labute approximate surface area is 150 Å². The Bertz CT molecular complexity index is 932.